The van der Waals surface area contributed by atoms with Crippen molar-refractivity contribution in [2.45, 2.75) is 6.04 Å². The lowest BCUT2D eigenvalue weighted by atomic mass is 10.1. The van der Waals surface area contributed by atoms with Gasteiger partial charge < -0.3 is 5.11 Å². The number of hydrazine groups is 1. The van der Waals surface area contributed by atoms with E-state index in [-0.39, 0.29) is 12.4 Å². The molecule has 0 aliphatic heterocycles. The number of nitrogens with two attached hydrogens (primary N) is 1. The molecule has 1 rings (SSSR count). The summed E-state index contributed by atoms with van der Waals surface area (Å²) >= 11 is 0. The first-order valence-corrected chi connectivity index (χ1v) is 3.49. The summed E-state index contributed by atoms with van der Waals surface area (Å²) in [6.45, 7) is 0. The van der Waals surface area contributed by atoms with E-state index in [1.54, 1.807) is 24.3 Å². The van der Waals surface area contributed by atoms with E-state index in [0.29, 0.717) is 5.56 Å². The second-order valence-corrected chi connectivity index (χ2v) is 2.35. The van der Waals surface area contributed by atoms with Gasteiger partial charge in [0.1, 0.15) is 6.04 Å². The molecule has 0 unspecified atom stereocenters. The molecule has 13 heavy (non-hydrogen) atoms. The quantitative estimate of drug-likeness (QED) is 0.498. The molecule has 0 spiro atoms. The molecular formula is C8H11ClN2O2. The smallest absolute Gasteiger partial charge is 0.326 e. The summed E-state index contributed by atoms with van der Waals surface area (Å²) in [6.07, 6.45) is 0. The fraction of sp³-hybridized carbons (Fsp3) is 0.125. The Balaban J connectivity index is 0.00000144. The van der Waals surface area contributed by atoms with Gasteiger partial charge in [-0.2, -0.15) is 0 Å². The van der Waals surface area contributed by atoms with Gasteiger partial charge in [-0.05, 0) is 5.56 Å². The molecule has 0 heterocycles. The maximum Gasteiger partial charge on any atom is 0.326 e. The molecule has 4 nitrogen and oxygen atoms in total. The van der Waals surface area contributed by atoms with Crippen molar-refractivity contribution in [3.63, 3.8) is 0 Å². The molecule has 0 saturated carbocycles. The zero-order valence-electron chi connectivity index (χ0n) is 6.81. The van der Waals surface area contributed by atoms with E-state index in [2.05, 4.69) is 5.43 Å². The van der Waals surface area contributed by atoms with E-state index in [1.807, 2.05) is 6.07 Å². The van der Waals surface area contributed by atoms with Crippen LogP contribution in [0.1, 0.15) is 11.6 Å². The van der Waals surface area contributed by atoms with Crippen LogP contribution >= 0.6 is 12.4 Å². The fourth-order valence-corrected chi connectivity index (χ4v) is 0.956. The molecule has 1 aromatic carbocycles. The Morgan fingerprint density at radius 2 is 1.92 bits per heavy atom. The molecule has 0 aromatic heterocycles. The number of halogens is 1. The summed E-state index contributed by atoms with van der Waals surface area (Å²) in [5.41, 5.74) is 2.86. The summed E-state index contributed by atoms with van der Waals surface area (Å²) in [5, 5.41) is 8.68. The Labute approximate surface area is 82.1 Å². The highest BCUT2D eigenvalue weighted by molar-refractivity contribution is 5.85. The maximum atomic E-state index is 10.6. The summed E-state index contributed by atoms with van der Waals surface area (Å²) in [4.78, 5) is 10.6. The average Bonchev–Trinajstić information content (AvgIpc) is 2.07. The Morgan fingerprint density at radius 3 is 2.31 bits per heavy atom. The molecule has 0 bridgehead atoms. The van der Waals surface area contributed by atoms with Gasteiger partial charge in [-0.15, -0.1) is 12.4 Å². The van der Waals surface area contributed by atoms with E-state index < -0.39 is 12.0 Å². The minimum atomic E-state index is -0.983. The summed E-state index contributed by atoms with van der Waals surface area (Å²) in [6, 6.07) is 7.94. The summed E-state index contributed by atoms with van der Waals surface area (Å²) < 4.78 is 0. The van der Waals surface area contributed by atoms with Gasteiger partial charge in [0.2, 0.25) is 0 Å². The molecular weight excluding hydrogens is 192 g/mol. The van der Waals surface area contributed by atoms with Crippen LogP contribution in [0.15, 0.2) is 30.3 Å². The molecule has 1 atom stereocenters. The number of carboxylic acids is 1. The topological polar surface area (TPSA) is 75.3 Å². The van der Waals surface area contributed by atoms with E-state index in [0.717, 1.165) is 0 Å². The summed E-state index contributed by atoms with van der Waals surface area (Å²) in [7, 11) is 0. The molecule has 4 N–H and O–H groups in total. The second-order valence-electron chi connectivity index (χ2n) is 2.35. The van der Waals surface area contributed by atoms with Crippen LogP contribution in [0.25, 0.3) is 0 Å². The standard InChI is InChI=1S/C8H10N2O2.ClH/c9-10-7(8(11)12)6-4-2-1-3-5-6;/h1-5,7,10H,9H2,(H,11,12);1H/t7-;/m1./s1. The molecule has 0 amide bonds. The molecule has 0 aliphatic rings. The Bertz CT molecular complexity index is 266. The molecule has 0 fully saturated rings. The lowest BCUT2D eigenvalue weighted by molar-refractivity contribution is -0.139. The Hall–Kier alpha value is -1.10. The van der Waals surface area contributed by atoms with Gasteiger partial charge in [-0.1, -0.05) is 30.3 Å². The number of nitrogens with one attached hydrogen (secondary N) is 1. The van der Waals surface area contributed by atoms with Crippen molar-refractivity contribution in [1.82, 2.24) is 5.43 Å². The monoisotopic (exact) mass is 202 g/mol. The third-order valence-corrected chi connectivity index (χ3v) is 1.55. The maximum absolute atomic E-state index is 10.6. The first kappa shape index (κ1) is 11.9. The van der Waals surface area contributed by atoms with Crippen molar-refractivity contribution in [2.24, 2.45) is 5.84 Å². The number of carboxylic acid groups (broad SMARTS) is 1. The molecule has 5 heteroatoms. The number of hydrogen-bond acceptors (Lipinski definition) is 3. The zero-order chi connectivity index (χ0) is 8.97. The first-order valence-electron chi connectivity index (χ1n) is 3.49. The number of aliphatic carboxylic acids is 1. The van der Waals surface area contributed by atoms with Crippen LogP contribution in [0, 0.1) is 0 Å². The molecule has 72 valence electrons. The van der Waals surface area contributed by atoms with Gasteiger partial charge >= 0.3 is 5.97 Å². The van der Waals surface area contributed by atoms with Gasteiger partial charge in [0.05, 0.1) is 0 Å². The highest BCUT2D eigenvalue weighted by atomic mass is 35.5. The molecule has 0 radical (unpaired) electrons. The zero-order valence-corrected chi connectivity index (χ0v) is 7.62. The first-order chi connectivity index (χ1) is 5.75. The number of carbonyl (C=O) groups is 1. The van der Waals surface area contributed by atoms with E-state index >= 15 is 0 Å². The van der Waals surface area contributed by atoms with Crippen molar-refractivity contribution in [2.75, 3.05) is 0 Å². The van der Waals surface area contributed by atoms with Crippen molar-refractivity contribution in [3.05, 3.63) is 35.9 Å². The minimum absolute atomic E-state index is 0. The predicted molar refractivity (Wildman–Crippen MR) is 51.4 cm³/mol. The average molecular weight is 203 g/mol. The predicted octanol–water partition coefficient (Wildman–Crippen LogP) is 0.697. The van der Waals surface area contributed by atoms with Crippen molar-refractivity contribution >= 4 is 18.4 Å². The third kappa shape index (κ3) is 3.02. The van der Waals surface area contributed by atoms with Crippen LogP contribution in [0.4, 0.5) is 0 Å². The Morgan fingerprint density at radius 1 is 1.38 bits per heavy atom. The van der Waals surface area contributed by atoms with E-state index in [9.17, 15) is 4.79 Å². The Kier molecular flexibility index (Phi) is 5.06. The van der Waals surface area contributed by atoms with Crippen LogP contribution < -0.4 is 11.3 Å². The molecule has 1 aromatic rings. The number of hydrogen-bond donors (Lipinski definition) is 3. The highest BCUT2D eigenvalue weighted by Crippen LogP contribution is 2.10. The van der Waals surface area contributed by atoms with Gasteiger partial charge in [0.15, 0.2) is 0 Å². The van der Waals surface area contributed by atoms with Crippen molar-refractivity contribution in [3.8, 4) is 0 Å². The van der Waals surface area contributed by atoms with Crippen molar-refractivity contribution < 1.29 is 9.90 Å². The molecule has 0 saturated heterocycles. The van der Waals surface area contributed by atoms with Crippen molar-refractivity contribution in [1.29, 1.82) is 0 Å². The lowest BCUT2D eigenvalue weighted by Crippen LogP contribution is -2.33. The largest absolute Gasteiger partial charge is 0.480 e. The van der Waals surface area contributed by atoms with Crippen LogP contribution in [0.3, 0.4) is 0 Å². The highest BCUT2D eigenvalue weighted by Gasteiger charge is 2.16. The van der Waals surface area contributed by atoms with Crippen LogP contribution in [-0.4, -0.2) is 11.1 Å². The van der Waals surface area contributed by atoms with E-state index in [1.165, 1.54) is 0 Å². The second kappa shape index (κ2) is 5.53. The van der Waals surface area contributed by atoms with Gasteiger partial charge in [0.25, 0.3) is 0 Å². The van der Waals surface area contributed by atoms with E-state index in [4.69, 9.17) is 10.9 Å². The van der Waals surface area contributed by atoms with Gasteiger partial charge in [-0.25, -0.2) is 5.43 Å². The van der Waals surface area contributed by atoms with Crippen LogP contribution in [0.2, 0.25) is 0 Å². The lowest BCUT2D eigenvalue weighted by Gasteiger charge is -2.09. The number of benzene rings is 1. The molecule has 0 aliphatic carbocycles. The van der Waals surface area contributed by atoms with Gasteiger partial charge in [-0.3, -0.25) is 10.6 Å². The van der Waals surface area contributed by atoms with Crippen LogP contribution in [-0.2, 0) is 4.79 Å². The minimum Gasteiger partial charge on any atom is -0.480 e. The summed E-state index contributed by atoms with van der Waals surface area (Å²) in [5.74, 6) is 4.09. The normalized spacial score (nSPS) is 11.5. The SMILES string of the molecule is Cl.NN[C@@H](C(=O)O)c1ccccc1. The fourth-order valence-electron chi connectivity index (χ4n) is 0.956. The van der Waals surface area contributed by atoms with Crippen LogP contribution in [0.5, 0.6) is 0 Å². The van der Waals surface area contributed by atoms with Gasteiger partial charge in [0, 0.05) is 0 Å². The number of rotatable bonds is 3. The third-order valence-electron chi connectivity index (χ3n) is 1.55.